The first kappa shape index (κ1) is 13.3. The summed E-state index contributed by atoms with van der Waals surface area (Å²) in [6, 6.07) is 0. The molecule has 7 heteroatoms. The van der Waals surface area contributed by atoms with Crippen molar-refractivity contribution in [2.75, 3.05) is 6.61 Å². The van der Waals surface area contributed by atoms with Crippen LogP contribution in [-0.4, -0.2) is 68.6 Å². The highest BCUT2D eigenvalue weighted by Gasteiger charge is 2.46. The van der Waals surface area contributed by atoms with Gasteiger partial charge >= 0.3 is 5.97 Å². The number of aliphatic hydroxyl groups excluding tert-OH is 4. The highest BCUT2D eigenvalue weighted by atomic mass is 16.5. The largest absolute Gasteiger partial charge is 0.481 e. The summed E-state index contributed by atoms with van der Waals surface area (Å²) in [5, 5.41) is 46.1. The van der Waals surface area contributed by atoms with Crippen molar-refractivity contribution in [1.82, 2.24) is 0 Å². The minimum atomic E-state index is -1.53. The molecule has 16 heavy (non-hydrogen) atoms. The Morgan fingerprint density at radius 3 is 2.25 bits per heavy atom. The van der Waals surface area contributed by atoms with Gasteiger partial charge in [0.15, 0.2) is 0 Å². The molecule has 0 aromatic rings. The molecule has 0 amide bonds. The fraction of sp³-hybridized carbons (Fsp3) is 0.889. The van der Waals surface area contributed by atoms with Gasteiger partial charge in [0.2, 0.25) is 0 Å². The summed E-state index contributed by atoms with van der Waals surface area (Å²) in [6.45, 7) is 0.753. The predicted octanol–water partition coefficient (Wildman–Crippen LogP) is -2.45. The van der Waals surface area contributed by atoms with E-state index < -0.39 is 49.0 Å². The molecule has 1 aliphatic rings. The van der Waals surface area contributed by atoms with E-state index in [2.05, 4.69) is 0 Å². The van der Waals surface area contributed by atoms with Crippen molar-refractivity contribution in [2.24, 2.45) is 5.92 Å². The highest BCUT2D eigenvalue weighted by molar-refractivity contribution is 5.70. The summed E-state index contributed by atoms with van der Waals surface area (Å²) in [5.41, 5.74) is 0. The monoisotopic (exact) mass is 236 g/mol. The van der Waals surface area contributed by atoms with E-state index in [0.29, 0.717) is 0 Å². The highest BCUT2D eigenvalue weighted by Crippen LogP contribution is 2.25. The van der Waals surface area contributed by atoms with E-state index in [9.17, 15) is 20.1 Å². The van der Waals surface area contributed by atoms with Crippen molar-refractivity contribution in [3.8, 4) is 0 Å². The van der Waals surface area contributed by atoms with Gasteiger partial charge in [-0.15, -0.1) is 0 Å². The van der Waals surface area contributed by atoms with Gasteiger partial charge in [0.1, 0.15) is 24.4 Å². The van der Waals surface area contributed by atoms with Crippen molar-refractivity contribution in [1.29, 1.82) is 0 Å². The summed E-state index contributed by atoms with van der Waals surface area (Å²) in [5.74, 6) is -2.24. The average Bonchev–Trinajstić information content (AvgIpc) is 2.25. The average molecular weight is 236 g/mol. The van der Waals surface area contributed by atoms with Gasteiger partial charge < -0.3 is 30.3 Å². The Hall–Kier alpha value is -0.730. The van der Waals surface area contributed by atoms with Crippen LogP contribution < -0.4 is 0 Å². The van der Waals surface area contributed by atoms with E-state index in [-0.39, 0.29) is 0 Å². The van der Waals surface area contributed by atoms with Gasteiger partial charge in [0, 0.05) is 0 Å². The number of ether oxygens (including phenoxy) is 1. The number of hydrogen-bond acceptors (Lipinski definition) is 6. The van der Waals surface area contributed by atoms with Crippen molar-refractivity contribution in [2.45, 2.75) is 37.4 Å². The minimum Gasteiger partial charge on any atom is -0.481 e. The normalized spacial score (nSPS) is 41.7. The fourth-order valence-electron chi connectivity index (χ4n) is 1.68. The zero-order chi connectivity index (χ0) is 12.5. The summed E-state index contributed by atoms with van der Waals surface area (Å²) < 4.78 is 5.06. The smallest absolute Gasteiger partial charge is 0.308 e. The van der Waals surface area contributed by atoms with E-state index in [1.54, 1.807) is 0 Å². The van der Waals surface area contributed by atoms with Crippen LogP contribution in [0.15, 0.2) is 0 Å². The second kappa shape index (κ2) is 5.07. The molecule has 0 aromatic heterocycles. The SMILES string of the molecule is CC(C(=O)O)C1O[C@H](CO)[C@H](O)[C@H](O)[C@H]1O. The number of aliphatic hydroxyl groups is 4. The Balaban J connectivity index is 2.82. The number of carboxylic acid groups (broad SMARTS) is 1. The molecule has 0 aliphatic carbocycles. The standard InChI is InChI=1S/C9H16O7/c1-3(9(14)15)8-7(13)6(12)5(11)4(2-10)16-8/h3-8,10-13H,2H2,1H3,(H,14,15)/t3?,4-,5+,6+,7-,8?/m1/s1. The maximum Gasteiger partial charge on any atom is 0.308 e. The molecule has 1 saturated heterocycles. The van der Waals surface area contributed by atoms with Crippen molar-refractivity contribution >= 4 is 5.97 Å². The first-order chi connectivity index (χ1) is 7.40. The Kier molecular flexibility index (Phi) is 4.22. The van der Waals surface area contributed by atoms with Gasteiger partial charge in [0.25, 0.3) is 0 Å². The van der Waals surface area contributed by atoms with Crippen LogP contribution in [0.25, 0.3) is 0 Å². The van der Waals surface area contributed by atoms with Gasteiger partial charge in [-0.25, -0.2) is 0 Å². The lowest BCUT2D eigenvalue weighted by Crippen LogP contribution is -2.60. The summed E-state index contributed by atoms with van der Waals surface area (Å²) in [6.07, 6.45) is -6.71. The van der Waals surface area contributed by atoms with E-state index in [1.807, 2.05) is 0 Å². The van der Waals surface area contributed by atoms with Crippen molar-refractivity contribution < 1.29 is 35.1 Å². The molecule has 0 aromatic carbocycles. The van der Waals surface area contributed by atoms with Crippen LogP contribution in [0.4, 0.5) is 0 Å². The molecule has 1 rings (SSSR count). The van der Waals surface area contributed by atoms with E-state index in [1.165, 1.54) is 6.92 Å². The second-order valence-electron chi connectivity index (χ2n) is 3.92. The zero-order valence-electron chi connectivity index (χ0n) is 8.72. The predicted molar refractivity (Wildman–Crippen MR) is 50.6 cm³/mol. The molecule has 1 aliphatic heterocycles. The summed E-state index contributed by atoms with van der Waals surface area (Å²) >= 11 is 0. The maximum absolute atomic E-state index is 10.7. The van der Waals surface area contributed by atoms with Crippen LogP contribution in [0, 0.1) is 5.92 Å². The van der Waals surface area contributed by atoms with Crippen LogP contribution in [-0.2, 0) is 9.53 Å². The number of carbonyl (C=O) groups is 1. The molecule has 0 saturated carbocycles. The summed E-state index contributed by atoms with van der Waals surface area (Å²) in [7, 11) is 0. The first-order valence-corrected chi connectivity index (χ1v) is 4.93. The third-order valence-electron chi connectivity index (χ3n) is 2.81. The maximum atomic E-state index is 10.7. The Morgan fingerprint density at radius 1 is 1.25 bits per heavy atom. The number of carboxylic acids is 1. The molecular formula is C9H16O7. The molecule has 1 fully saturated rings. The topological polar surface area (TPSA) is 127 Å². The molecule has 1 heterocycles. The molecule has 0 radical (unpaired) electrons. The van der Waals surface area contributed by atoms with Crippen LogP contribution in [0.5, 0.6) is 0 Å². The van der Waals surface area contributed by atoms with Gasteiger partial charge in [-0.1, -0.05) is 0 Å². The van der Waals surface area contributed by atoms with Gasteiger partial charge in [-0.2, -0.15) is 0 Å². The van der Waals surface area contributed by atoms with E-state index >= 15 is 0 Å². The Morgan fingerprint density at radius 2 is 1.81 bits per heavy atom. The lowest BCUT2D eigenvalue weighted by Gasteiger charge is -2.41. The molecule has 6 atom stereocenters. The molecule has 94 valence electrons. The summed E-state index contributed by atoms with van der Waals surface area (Å²) in [4.78, 5) is 10.7. The quantitative estimate of drug-likeness (QED) is 0.368. The molecule has 0 bridgehead atoms. The third kappa shape index (κ3) is 2.33. The Bertz CT molecular complexity index is 254. The van der Waals surface area contributed by atoms with Gasteiger partial charge in [0.05, 0.1) is 18.6 Å². The van der Waals surface area contributed by atoms with Crippen LogP contribution in [0.1, 0.15) is 6.92 Å². The molecule has 2 unspecified atom stereocenters. The molecular weight excluding hydrogens is 220 g/mol. The fourth-order valence-corrected chi connectivity index (χ4v) is 1.68. The van der Waals surface area contributed by atoms with Crippen molar-refractivity contribution in [3.63, 3.8) is 0 Å². The molecule has 7 nitrogen and oxygen atoms in total. The van der Waals surface area contributed by atoms with E-state index in [4.69, 9.17) is 14.9 Å². The van der Waals surface area contributed by atoms with Crippen LogP contribution in [0.2, 0.25) is 0 Å². The molecule has 5 N–H and O–H groups in total. The van der Waals surface area contributed by atoms with Gasteiger partial charge in [-0.3, -0.25) is 4.79 Å². The van der Waals surface area contributed by atoms with E-state index in [0.717, 1.165) is 0 Å². The number of rotatable bonds is 3. The van der Waals surface area contributed by atoms with Crippen molar-refractivity contribution in [3.05, 3.63) is 0 Å². The zero-order valence-corrected chi connectivity index (χ0v) is 8.72. The number of aliphatic carboxylic acids is 1. The first-order valence-electron chi connectivity index (χ1n) is 4.93. The number of hydrogen-bond donors (Lipinski definition) is 5. The Labute approximate surface area is 91.9 Å². The minimum absolute atomic E-state index is 0.562. The lowest BCUT2D eigenvalue weighted by atomic mass is 9.89. The van der Waals surface area contributed by atoms with Gasteiger partial charge in [-0.05, 0) is 6.92 Å². The second-order valence-corrected chi connectivity index (χ2v) is 3.92. The molecule has 0 spiro atoms. The van der Waals surface area contributed by atoms with Crippen LogP contribution >= 0.6 is 0 Å². The lowest BCUT2D eigenvalue weighted by molar-refractivity contribution is -0.240. The van der Waals surface area contributed by atoms with Crippen LogP contribution in [0.3, 0.4) is 0 Å². The third-order valence-corrected chi connectivity index (χ3v) is 2.81.